The van der Waals surface area contributed by atoms with Crippen molar-refractivity contribution < 1.29 is 4.42 Å². The zero-order valence-electron chi connectivity index (χ0n) is 8.90. The first-order valence-electron chi connectivity index (χ1n) is 4.92. The lowest BCUT2D eigenvalue weighted by Crippen LogP contribution is -2.20. The SMILES string of the molecule is CN(C)C(CCl)c1coc2ccccc12. The summed E-state index contributed by atoms with van der Waals surface area (Å²) in [5.74, 6) is 0.566. The summed E-state index contributed by atoms with van der Waals surface area (Å²) in [5.41, 5.74) is 2.08. The normalized spacial score (nSPS) is 13.6. The van der Waals surface area contributed by atoms with Gasteiger partial charge in [0.15, 0.2) is 0 Å². The Labute approximate surface area is 94.4 Å². The highest BCUT2D eigenvalue weighted by molar-refractivity contribution is 6.18. The lowest BCUT2D eigenvalue weighted by atomic mass is 10.1. The Morgan fingerprint density at radius 2 is 2.07 bits per heavy atom. The van der Waals surface area contributed by atoms with E-state index in [0.717, 1.165) is 16.5 Å². The van der Waals surface area contributed by atoms with Gasteiger partial charge in [-0.15, -0.1) is 11.6 Å². The first kappa shape index (κ1) is 10.5. The van der Waals surface area contributed by atoms with Crippen LogP contribution in [0.3, 0.4) is 0 Å². The first-order valence-corrected chi connectivity index (χ1v) is 5.46. The second-order valence-electron chi connectivity index (χ2n) is 3.82. The molecule has 0 amide bonds. The summed E-state index contributed by atoms with van der Waals surface area (Å²) in [6, 6.07) is 8.23. The number of halogens is 1. The van der Waals surface area contributed by atoms with Gasteiger partial charge in [0, 0.05) is 16.8 Å². The van der Waals surface area contributed by atoms with E-state index >= 15 is 0 Å². The van der Waals surface area contributed by atoms with Gasteiger partial charge in [-0.1, -0.05) is 18.2 Å². The molecule has 0 N–H and O–H groups in total. The number of hydrogen-bond donors (Lipinski definition) is 0. The van der Waals surface area contributed by atoms with E-state index < -0.39 is 0 Å². The molecule has 0 aliphatic heterocycles. The number of para-hydroxylation sites is 1. The summed E-state index contributed by atoms with van der Waals surface area (Å²) >= 11 is 5.97. The monoisotopic (exact) mass is 223 g/mol. The van der Waals surface area contributed by atoms with Crippen LogP contribution in [0.15, 0.2) is 34.9 Å². The van der Waals surface area contributed by atoms with Crippen molar-refractivity contribution in [1.82, 2.24) is 4.90 Å². The maximum absolute atomic E-state index is 5.97. The maximum Gasteiger partial charge on any atom is 0.134 e. The standard InChI is InChI=1S/C12H14ClNO/c1-14(2)11(7-13)10-8-15-12-6-4-3-5-9(10)12/h3-6,8,11H,7H2,1-2H3. The molecule has 1 aromatic heterocycles. The number of fused-ring (bicyclic) bond motifs is 1. The van der Waals surface area contributed by atoms with Crippen LogP contribution in [-0.2, 0) is 0 Å². The van der Waals surface area contributed by atoms with Gasteiger partial charge in [-0.2, -0.15) is 0 Å². The minimum Gasteiger partial charge on any atom is -0.464 e. The van der Waals surface area contributed by atoms with E-state index in [1.807, 2.05) is 32.3 Å². The van der Waals surface area contributed by atoms with Gasteiger partial charge < -0.3 is 9.32 Å². The van der Waals surface area contributed by atoms with Crippen molar-refractivity contribution >= 4 is 22.6 Å². The summed E-state index contributed by atoms with van der Waals surface area (Å²) < 4.78 is 5.50. The molecule has 15 heavy (non-hydrogen) atoms. The van der Waals surface area contributed by atoms with E-state index in [1.54, 1.807) is 6.26 Å². The van der Waals surface area contributed by atoms with Crippen LogP contribution >= 0.6 is 11.6 Å². The highest BCUT2D eigenvalue weighted by atomic mass is 35.5. The predicted molar refractivity (Wildman–Crippen MR) is 63.4 cm³/mol. The van der Waals surface area contributed by atoms with Crippen molar-refractivity contribution in [2.75, 3.05) is 20.0 Å². The fraction of sp³-hybridized carbons (Fsp3) is 0.333. The van der Waals surface area contributed by atoms with Gasteiger partial charge in [-0.25, -0.2) is 0 Å². The van der Waals surface area contributed by atoms with Gasteiger partial charge in [0.1, 0.15) is 5.58 Å². The van der Waals surface area contributed by atoms with Crippen molar-refractivity contribution in [3.8, 4) is 0 Å². The van der Waals surface area contributed by atoms with Crippen LogP contribution in [0.1, 0.15) is 11.6 Å². The average molecular weight is 224 g/mol. The summed E-state index contributed by atoms with van der Waals surface area (Å²) in [5, 5.41) is 1.15. The summed E-state index contributed by atoms with van der Waals surface area (Å²) in [7, 11) is 4.05. The molecule has 1 heterocycles. The quantitative estimate of drug-likeness (QED) is 0.743. The van der Waals surface area contributed by atoms with Gasteiger partial charge in [-0.05, 0) is 20.2 Å². The molecule has 2 nitrogen and oxygen atoms in total. The van der Waals surface area contributed by atoms with Crippen molar-refractivity contribution in [1.29, 1.82) is 0 Å². The molecule has 0 radical (unpaired) electrons. The lowest BCUT2D eigenvalue weighted by molar-refractivity contribution is 0.324. The maximum atomic E-state index is 5.97. The number of nitrogens with zero attached hydrogens (tertiary/aromatic N) is 1. The Morgan fingerprint density at radius 1 is 1.33 bits per heavy atom. The van der Waals surface area contributed by atoms with Gasteiger partial charge in [0.25, 0.3) is 0 Å². The zero-order chi connectivity index (χ0) is 10.8. The average Bonchev–Trinajstić information content (AvgIpc) is 2.63. The van der Waals surface area contributed by atoms with Crippen LogP contribution in [0, 0.1) is 0 Å². The predicted octanol–water partition coefficient (Wildman–Crippen LogP) is 3.27. The number of hydrogen-bond acceptors (Lipinski definition) is 2. The Bertz CT molecular complexity index is 450. The molecule has 1 aromatic carbocycles. The Morgan fingerprint density at radius 3 is 2.73 bits per heavy atom. The lowest BCUT2D eigenvalue weighted by Gasteiger charge is -2.20. The molecule has 2 rings (SSSR count). The molecule has 1 unspecified atom stereocenters. The van der Waals surface area contributed by atoms with E-state index in [4.69, 9.17) is 16.0 Å². The second-order valence-corrected chi connectivity index (χ2v) is 4.13. The molecular formula is C12H14ClNO. The number of benzene rings is 1. The highest BCUT2D eigenvalue weighted by Crippen LogP contribution is 2.29. The third-order valence-electron chi connectivity index (χ3n) is 2.64. The topological polar surface area (TPSA) is 16.4 Å². The Balaban J connectivity index is 2.51. The largest absolute Gasteiger partial charge is 0.464 e. The van der Waals surface area contributed by atoms with Crippen LogP contribution < -0.4 is 0 Å². The molecule has 0 aliphatic carbocycles. The summed E-state index contributed by atoms with van der Waals surface area (Å²) in [6.45, 7) is 0. The van der Waals surface area contributed by atoms with E-state index in [9.17, 15) is 0 Å². The number of rotatable bonds is 3. The Kier molecular flexibility index (Phi) is 2.98. The molecule has 0 aliphatic rings. The summed E-state index contributed by atoms with van der Waals surface area (Å²) in [4.78, 5) is 2.10. The van der Waals surface area contributed by atoms with Crippen LogP contribution in [-0.4, -0.2) is 24.9 Å². The number of furan rings is 1. The van der Waals surface area contributed by atoms with Gasteiger partial charge in [0.05, 0.1) is 12.3 Å². The molecule has 0 bridgehead atoms. The van der Waals surface area contributed by atoms with Crippen molar-refractivity contribution in [2.45, 2.75) is 6.04 Å². The second kappa shape index (κ2) is 4.25. The number of alkyl halides is 1. The first-order chi connectivity index (χ1) is 7.24. The van der Waals surface area contributed by atoms with Gasteiger partial charge >= 0.3 is 0 Å². The van der Waals surface area contributed by atoms with Crippen molar-refractivity contribution in [2.24, 2.45) is 0 Å². The molecule has 0 saturated heterocycles. The van der Waals surface area contributed by atoms with E-state index in [2.05, 4.69) is 11.0 Å². The fourth-order valence-electron chi connectivity index (χ4n) is 1.76. The van der Waals surface area contributed by atoms with Crippen LogP contribution in [0.25, 0.3) is 11.0 Å². The zero-order valence-corrected chi connectivity index (χ0v) is 9.66. The smallest absolute Gasteiger partial charge is 0.134 e. The molecule has 3 heteroatoms. The van der Waals surface area contributed by atoms with Gasteiger partial charge in [-0.3, -0.25) is 0 Å². The third-order valence-corrected chi connectivity index (χ3v) is 2.93. The molecule has 1 atom stereocenters. The van der Waals surface area contributed by atoms with E-state index in [-0.39, 0.29) is 6.04 Å². The van der Waals surface area contributed by atoms with Crippen molar-refractivity contribution in [3.05, 3.63) is 36.1 Å². The van der Waals surface area contributed by atoms with E-state index in [0.29, 0.717) is 5.88 Å². The third kappa shape index (κ3) is 1.87. The van der Waals surface area contributed by atoms with Gasteiger partial charge in [0.2, 0.25) is 0 Å². The molecule has 2 aromatic rings. The van der Waals surface area contributed by atoms with Crippen LogP contribution in [0.2, 0.25) is 0 Å². The van der Waals surface area contributed by atoms with Crippen LogP contribution in [0.5, 0.6) is 0 Å². The minimum atomic E-state index is 0.204. The minimum absolute atomic E-state index is 0.204. The Hall–Kier alpha value is -0.990. The molecule has 0 saturated carbocycles. The summed E-state index contributed by atoms with van der Waals surface area (Å²) in [6.07, 6.45) is 1.80. The van der Waals surface area contributed by atoms with Crippen molar-refractivity contribution in [3.63, 3.8) is 0 Å². The molecule has 0 fully saturated rings. The molecule has 80 valence electrons. The molecular weight excluding hydrogens is 210 g/mol. The fourth-order valence-corrected chi connectivity index (χ4v) is 2.20. The molecule has 0 spiro atoms. The van der Waals surface area contributed by atoms with E-state index in [1.165, 1.54) is 0 Å². The van der Waals surface area contributed by atoms with Crippen LogP contribution in [0.4, 0.5) is 0 Å². The highest BCUT2D eigenvalue weighted by Gasteiger charge is 2.17.